The van der Waals surface area contributed by atoms with E-state index in [-0.39, 0.29) is 12.4 Å². The second kappa shape index (κ2) is 38.0. The van der Waals surface area contributed by atoms with E-state index in [1.54, 1.807) is 0 Å². The maximum absolute atomic E-state index is 11.6. The van der Waals surface area contributed by atoms with Crippen LogP contribution in [0.15, 0.2) is 0 Å². The predicted octanol–water partition coefficient (Wildman–Crippen LogP) is 7.33. The second-order valence-electron chi connectivity index (χ2n) is 12.8. The second-order valence-corrected chi connectivity index (χ2v) is 12.8. The molecule has 0 N–H and O–H groups in total. The summed E-state index contributed by atoms with van der Waals surface area (Å²) in [5.74, 6) is -0.256. The van der Waals surface area contributed by atoms with Crippen molar-refractivity contribution in [2.24, 2.45) is 0 Å². The van der Waals surface area contributed by atoms with Crippen molar-refractivity contribution in [2.45, 2.75) is 130 Å². The monoisotopic (exact) mass is 679 g/mol. The number of carbonyl (C=O) groups excluding carboxylic acids is 1. The van der Waals surface area contributed by atoms with E-state index >= 15 is 0 Å². The van der Waals surface area contributed by atoms with Crippen LogP contribution in [0.3, 0.4) is 0 Å². The lowest BCUT2D eigenvalue weighted by Crippen LogP contribution is -2.24. The molecule has 0 radical (unpaired) electrons. The summed E-state index contributed by atoms with van der Waals surface area (Å²) in [4.78, 5) is 11.6. The SMILES string of the molecule is CCCCCCCCCCCCCCCCOCCOCCOCCOCCOCCOCCOCCOCCC(=O)OC(C)(C)C. The van der Waals surface area contributed by atoms with Crippen LogP contribution < -0.4 is 0 Å². The van der Waals surface area contributed by atoms with Gasteiger partial charge < -0.3 is 42.6 Å². The average molecular weight is 679 g/mol. The van der Waals surface area contributed by atoms with Gasteiger partial charge in [-0.25, -0.2) is 0 Å². The van der Waals surface area contributed by atoms with E-state index in [4.69, 9.17) is 42.6 Å². The summed E-state index contributed by atoms with van der Waals surface area (Å²) in [6.07, 6.45) is 19.5. The fourth-order valence-corrected chi connectivity index (χ4v) is 4.59. The van der Waals surface area contributed by atoms with Crippen LogP contribution in [0.4, 0.5) is 0 Å². The van der Waals surface area contributed by atoms with Crippen molar-refractivity contribution in [3.63, 3.8) is 0 Å². The van der Waals surface area contributed by atoms with Crippen molar-refractivity contribution >= 4 is 5.97 Å². The summed E-state index contributed by atoms with van der Waals surface area (Å²) in [6.45, 7) is 16.3. The number of unbranched alkanes of at least 4 members (excludes halogenated alkanes) is 13. The van der Waals surface area contributed by atoms with E-state index in [0.717, 1.165) is 13.0 Å². The molecule has 0 amide bonds. The van der Waals surface area contributed by atoms with E-state index < -0.39 is 5.60 Å². The van der Waals surface area contributed by atoms with Gasteiger partial charge in [-0.1, -0.05) is 90.4 Å². The number of rotatable bonds is 39. The molecule has 0 rings (SSSR count). The van der Waals surface area contributed by atoms with Gasteiger partial charge in [-0.2, -0.15) is 0 Å². The van der Waals surface area contributed by atoms with Gasteiger partial charge in [0.15, 0.2) is 0 Å². The zero-order valence-corrected chi connectivity index (χ0v) is 31.0. The molecule has 0 aromatic rings. The summed E-state index contributed by atoms with van der Waals surface area (Å²) in [5, 5.41) is 0. The molecular weight excluding hydrogens is 604 g/mol. The number of carbonyl (C=O) groups is 1. The summed E-state index contributed by atoms with van der Waals surface area (Å²) in [5.41, 5.74) is -0.466. The average Bonchev–Trinajstić information content (AvgIpc) is 3.03. The smallest absolute Gasteiger partial charge is 0.308 e. The molecule has 0 aromatic carbocycles. The molecule has 0 saturated carbocycles. The minimum Gasteiger partial charge on any atom is -0.460 e. The molecular formula is C37H74O10. The highest BCUT2D eigenvalue weighted by Crippen LogP contribution is 2.13. The Morgan fingerprint density at radius 2 is 0.617 bits per heavy atom. The maximum atomic E-state index is 11.6. The largest absolute Gasteiger partial charge is 0.460 e. The van der Waals surface area contributed by atoms with Crippen molar-refractivity contribution < 1.29 is 47.4 Å². The lowest BCUT2D eigenvalue weighted by Gasteiger charge is -2.19. The van der Waals surface area contributed by atoms with Gasteiger partial charge in [0.1, 0.15) is 5.60 Å². The molecule has 47 heavy (non-hydrogen) atoms. The van der Waals surface area contributed by atoms with Gasteiger partial charge in [0.05, 0.1) is 106 Å². The van der Waals surface area contributed by atoms with Crippen molar-refractivity contribution in [1.29, 1.82) is 0 Å². The molecule has 0 bridgehead atoms. The molecule has 0 aromatic heterocycles. The van der Waals surface area contributed by atoms with Gasteiger partial charge in [0.25, 0.3) is 0 Å². The minimum absolute atomic E-state index is 0.241. The highest BCUT2D eigenvalue weighted by Gasteiger charge is 2.15. The van der Waals surface area contributed by atoms with Gasteiger partial charge in [0, 0.05) is 6.61 Å². The van der Waals surface area contributed by atoms with Gasteiger partial charge >= 0.3 is 5.97 Å². The van der Waals surface area contributed by atoms with E-state index in [2.05, 4.69) is 6.92 Å². The predicted molar refractivity (Wildman–Crippen MR) is 187 cm³/mol. The van der Waals surface area contributed by atoms with Gasteiger partial charge in [0.2, 0.25) is 0 Å². The molecule has 0 atom stereocenters. The normalized spacial score (nSPS) is 11.8. The van der Waals surface area contributed by atoms with Crippen LogP contribution in [-0.4, -0.2) is 117 Å². The Bertz CT molecular complexity index is 614. The van der Waals surface area contributed by atoms with Crippen LogP contribution in [0.1, 0.15) is 124 Å². The van der Waals surface area contributed by atoms with E-state index in [1.807, 2.05) is 20.8 Å². The van der Waals surface area contributed by atoms with Crippen LogP contribution >= 0.6 is 0 Å². The van der Waals surface area contributed by atoms with Crippen molar-refractivity contribution in [1.82, 2.24) is 0 Å². The topological polar surface area (TPSA) is 100 Å². The highest BCUT2D eigenvalue weighted by molar-refractivity contribution is 5.69. The molecule has 0 aliphatic heterocycles. The van der Waals surface area contributed by atoms with Gasteiger partial charge in [-0.3, -0.25) is 4.79 Å². The third-order valence-electron chi connectivity index (χ3n) is 7.12. The third kappa shape index (κ3) is 43.1. The first-order valence-electron chi connectivity index (χ1n) is 18.8. The van der Waals surface area contributed by atoms with Crippen molar-refractivity contribution in [2.75, 3.05) is 106 Å². The first kappa shape index (κ1) is 46.1. The Labute approximate surface area is 288 Å². The number of ether oxygens (including phenoxy) is 9. The van der Waals surface area contributed by atoms with Crippen molar-refractivity contribution in [3.8, 4) is 0 Å². The van der Waals surface area contributed by atoms with Crippen LogP contribution in [0.5, 0.6) is 0 Å². The quantitative estimate of drug-likeness (QED) is 0.0485. The summed E-state index contributed by atoms with van der Waals surface area (Å²) < 4.78 is 49.2. The Kier molecular flexibility index (Phi) is 37.3. The minimum atomic E-state index is -0.466. The fourth-order valence-electron chi connectivity index (χ4n) is 4.59. The van der Waals surface area contributed by atoms with Gasteiger partial charge in [-0.15, -0.1) is 0 Å². The molecule has 0 aliphatic carbocycles. The first-order valence-corrected chi connectivity index (χ1v) is 18.8. The zero-order valence-electron chi connectivity index (χ0n) is 31.0. The Hall–Kier alpha value is -0.850. The van der Waals surface area contributed by atoms with Crippen LogP contribution in [0.25, 0.3) is 0 Å². The van der Waals surface area contributed by atoms with Crippen LogP contribution in [0, 0.1) is 0 Å². The van der Waals surface area contributed by atoms with Gasteiger partial charge in [-0.05, 0) is 27.2 Å². The molecule has 10 heteroatoms. The number of hydrogen-bond donors (Lipinski definition) is 0. The summed E-state index contributed by atoms with van der Waals surface area (Å²) in [7, 11) is 0. The zero-order chi connectivity index (χ0) is 34.4. The molecule has 0 saturated heterocycles. The number of hydrogen-bond acceptors (Lipinski definition) is 10. The summed E-state index contributed by atoms with van der Waals surface area (Å²) in [6, 6.07) is 0. The Morgan fingerprint density at radius 3 is 0.915 bits per heavy atom. The third-order valence-corrected chi connectivity index (χ3v) is 7.12. The lowest BCUT2D eigenvalue weighted by atomic mass is 10.0. The molecule has 10 nitrogen and oxygen atoms in total. The van der Waals surface area contributed by atoms with E-state index in [1.165, 1.54) is 83.5 Å². The highest BCUT2D eigenvalue weighted by atomic mass is 16.6. The molecule has 282 valence electrons. The standard InChI is InChI=1S/C37H74O10/c1-5-6-7-8-9-10-11-12-13-14-15-16-17-18-20-39-22-24-41-26-28-43-30-32-45-34-35-46-33-31-44-29-27-42-25-23-40-21-19-36(38)47-37(2,3)4/h5-35H2,1-4H3. The number of esters is 1. The molecule has 0 unspecified atom stereocenters. The molecule has 0 fully saturated rings. The molecule has 0 aliphatic rings. The Balaban J connectivity index is 3.09. The fraction of sp³-hybridized carbons (Fsp3) is 0.973. The summed E-state index contributed by atoms with van der Waals surface area (Å²) >= 11 is 0. The Morgan fingerprint density at radius 1 is 0.362 bits per heavy atom. The molecule has 0 heterocycles. The van der Waals surface area contributed by atoms with Crippen LogP contribution in [-0.2, 0) is 47.4 Å². The van der Waals surface area contributed by atoms with E-state index in [0.29, 0.717) is 99.1 Å². The van der Waals surface area contributed by atoms with E-state index in [9.17, 15) is 4.79 Å². The van der Waals surface area contributed by atoms with Crippen LogP contribution in [0.2, 0.25) is 0 Å². The van der Waals surface area contributed by atoms with Crippen molar-refractivity contribution in [3.05, 3.63) is 0 Å². The molecule has 0 spiro atoms. The lowest BCUT2D eigenvalue weighted by molar-refractivity contribution is -0.156. The first-order chi connectivity index (χ1) is 23.0. The maximum Gasteiger partial charge on any atom is 0.308 e.